The molecule has 0 bridgehead atoms. The number of fused-ring (bicyclic) bond motifs is 9. The lowest BCUT2D eigenvalue weighted by Crippen LogP contribution is -1.95. The van der Waals surface area contributed by atoms with Gasteiger partial charge in [-0.25, -0.2) is 0 Å². The van der Waals surface area contributed by atoms with E-state index in [1.807, 2.05) is 36.4 Å². The van der Waals surface area contributed by atoms with Gasteiger partial charge in [0.2, 0.25) is 0 Å². The average molecular weight is 970 g/mol. The molecule has 75 heavy (non-hydrogen) atoms. The minimum absolute atomic E-state index is 0.768. The van der Waals surface area contributed by atoms with E-state index < -0.39 is 0 Å². The number of aromatic amines is 3. The molecule has 14 aromatic rings. The maximum Gasteiger partial charge on any atom is 0.119 e. The summed E-state index contributed by atoms with van der Waals surface area (Å²) in [7, 11) is 5.21. The molecule has 0 spiro atoms. The number of rotatable bonds is 9. The van der Waals surface area contributed by atoms with Gasteiger partial charge in [-0.15, -0.1) is 0 Å². The summed E-state index contributed by atoms with van der Waals surface area (Å²) in [6, 6.07) is 83.6. The molecule has 360 valence electrons. The molecule has 14 rings (SSSR count). The first-order chi connectivity index (χ1) is 37.0. The number of ether oxygens (including phenoxy) is 3. The highest BCUT2D eigenvalue weighted by atomic mass is 16.5. The van der Waals surface area contributed by atoms with Gasteiger partial charge in [0, 0.05) is 65.6 Å². The van der Waals surface area contributed by atoms with Crippen LogP contribution >= 0.6 is 0 Å². The second-order valence-electron chi connectivity index (χ2n) is 18.9. The van der Waals surface area contributed by atoms with Crippen LogP contribution in [0.1, 0.15) is 0 Å². The van der Waals surface area contributed by atoms with Crippen molar-refractivity contribution in [1.29, 1.82) is 0 Å². The Kier molecular flexibility index (Phi) is 11.4. The third-order valence-corrected chi connectivity index (χ3v) is 14.7. The Morgan fingerprint density at radius 3 is 0.800 bits per heavy atom. The fraction of sp³-hybridized carbons (Fsp3) is 0.0435. The van der Waals surface area contributed by atoms with Crippen LogP contribution in [0.4, 0.5) is 0 Å². The molecule has 0 unspecified atom stereocenters. The van der Waals surface area contributed by atoms with Crippen molar-refractivity contribution in [3.63, 3.8) is 0 Å². The Morgan fingerprint density at radius 1 is 0.227 bits per heavy atom. The highest BCUT2D eigenvalue weighted by Gasteiger charge is 2.22. The summed E-state index contributed by atoms with van der Waals surface area (Å²) >= 11 is 0. The quantitative estimate of drug-likeness (QED) is 0.135. The lowest BCUT2D eigenvalue weighted by atomic mass is 9.85. The molecule has 11 aromatic carbocycles. The Balaban J connectivity index is 0.000000844. The van der Waals surface area contributed by atoms with Gasteiger partial charge in [0.25, 0.3) is 0 Å². The number of hydrogen-bond acceptors (Lipinski definition) is 3. The van der Waals surface area contributed by atoms with E-state index in [2.05, 4.69) is 215 Å². The molecule has 3 heterocycles. The van der Waals surface area contributed by atoms with Gasteiger partial charge in [0.15, 0.2) is 0 Å². The fourth-order valence-corrected chi connectivity index (χ4v) is 11.1. The van der Waals surface area contributed by atoms with Gasteiger partial charge in [-0.1, -0.05) is 146 Å². The van der Waals surface area contributed by atoms with Crippen molar-refractivity contribution in [2.45, 2.75) is 0 Å². The molecule has 6 nitrogen and oxygen atoms in total. The summed E-state index contributed by atoms with van der Waals surface area (Å²) in [5.41, 5.74) is 19.3. The number of nitrogens with one attached hydrogen (secondary N) is 3. The normalized spacial score (nSPS) is 11.4. The van der Waals surface area contributed by atoms with E-state index in [0.29, 0.717) is 0 Å². The van der Waals surface area contributed by atoms with E-state index in [-0.39, 0.29) is 0 Å². The Hall–Kier alpha value is -9.78. The molecule has 3 aromatic heterocycles. The molecule has 0 amide bonds. The van der Waals surface area contributed by atoms with Crippen LogP contribution in [-0.4, -0.2) is 36.3 Å². The summed E-state index contributed by atoms with van der Waals surface area (Å²) < 4.78 is 18.1. The first kappa shape index (κ1) is 45.1. The second kappa shape index (κ2) is 19.0. The molecule has 0 aliphatic carbocycles. The number of benzene rings is 11. The summed E-state index contributed by atoms with van der Waals surface area (Å²) in [4.78, 5) is 11.4. The predicted octanol–water partition coefficient (Wildman–Crippen LogP) is 18.3. The highest BCUT2D eigenvalue weighted by Crippen LogP contribution is 2.47. The Morgan fingerprint density at radius 2 is 0.507 bits per heavy atom. The second-order valence-corrected chi connectivity index (χ2v) is 18.9. The monoisotopic (exact) mass is 969 g/mol. The largest absolute Gasteiger partial charge is 0.497 e. The zero-order valence-corrected chi connectivity index (χ0v) is 41.7. The van der Waals surface area contributed by atoms with Crippen LogP contribution in [0.5, 0.6) is 17.2 Å². The first-order valence-corrected chi connectivity index (χ1v) is 25.2. The van der Waals surface area contributed by atoms with E-state index in [0.717, 1.165) is 117 Å². The molecule has 0 aliphatic heterocycles. The van der Waals surface area contributed by atoms with E-state index in [1.54, 1.807) is 21.3 Å². The highest BCUT2D eigenvalue weighted by molar-refractivity contribution is 6.16. The number of hydrogen-bond donors (Lipinski definition) is 3. The number of methoxy groups -OCH3 is 3. The van der Waals surface area contributed by atoms with Gasteiger partial charge in [-0.2, -0.15) is 0 Å². The average Bonchev–Trinajstić information content (AvgIpc) is 4.19. The number of aromatic nitrogens is 3. The lowest BCUT2D eigenvalue weighted by molar-refractivity contribution is 0.415. The van der Waals surface area contributed by atoms with E-state index in [1.165, 1.54) is 32.3 Å². The minimum atomic E-state index is 0.768. The SMILES string of the molecule is COc1ccc(-c2cccc3c2[nH]c2ccccc23)c(-c2cc(-c3cc(OC)ccc3-c3cccc4c3[nH]c3ccccc34)cc(-c3cc(OC)ccc3-c3cccc4c3[nH]c3ccccc34)c2)c1.c1ccccc1. The van der Waals surface area contributed by atoms with Gasteiger partial charge in [0.1, 0.15) is 17.2 Å². The third kappa shape index (κ3) is 8.01. The third-order valence-electron chi connectivity index (χ3n) is 14.7. The molecule has 0 atom stereocenters. The molecular formula is C69H51N3O3. The molecule has 0 radical (unpaired) electrons. The van der Waals surface area contributed by atoms with E-state index in [4.69, 9.17) is 14.2 Å². The van der Waals surface area contributed by atoms with Gasteiger partial charge in [-0.3, -0.25) is 0 Å². The zero-order valence-electron chi connectivity index (χ0n) is 41.7. The molecule has 0 saturated carbocycles. The number of H-pyrrole nitrogens is 3. The fourth-order valence-electron chi connectivity index (χ4n) is 11.1. The molecule has 0 aliphatic rings. The topological polar surface area (TPSA) is 75.1 Å². The summed E-state index contributed by atoms with van der Waals surface area (Å²) in [6.45, 7) is 0. The van der Waals surface area contributed by atoms with Crippen LogP contribution in [0.3, 0.4) is 0 Å². The van der Waals surface area contributed by atoms with Crippen LogP contribution in [0.2, 0.25) is 0 Å². The zero-order chi connectivity index (χ0) is 50.4. The van der Waals surface area contributed by atoms with Crippen molar-refractivity contribution in [1.82, 2.24) is 15.0 Å². The first-order valence-electron chi connectivity index (χ1n) is 25.2. The van der Waals surface area contributed by atoms with Crippen LogP contribution in [-0.2, 0) is 0 Å². The van der Waals surface area contributed by atoms with Crippen LogP contribution in [0.25, 0.3) is 132 Å². The summed E-state index contributed by atoms with van der Waals surface area (Å²) in [5, 5.41) is 7.12. The van der Waals surface area contributed by atoms with Crippen molar-refractivity contribution < 1.29 is 14.2 Å². The van der Waals surface area contributed by atoms with Gasteiger partial charge in [0.05, 0.1) is 37.9 Å². The molecule has 0 fully saturated rings. The number of para-hydroxylation sites is 6. The van der Waals surface area contributed by atoms with Crippen LogP contribution < -0.4 is 14.2 Å². The van der Waals surface area contributed by atoms with Crippen molar-refractivity contribution in [3.05, 3.63) is 237 Å². The Labute approximate surface area is 434 Å². The molecule has 0 saturated heterocycles. The molecule has 3 N–H and O–H groups in total. The van der Waals surface area contributed by atoms with Gasteiger partial charge < -0.3 is 29.2 Å². The van der Waals surface area contributed by atoms with Gasteiger partial charge >= 0.3 is 0 Å². The van der Waals surface area contributed by atoms with E-state index in [9.17, 15) is 0 Å². The Bertz CT molecular complexity index is 3980. The van der Waals surface area contributed by atoms with Crippen molar-refractivity contribution in [2.24, 2.45) is 0 Å². The van der Waals surface area contributed by atoms with Crippen molar-refractivity contribution >= 4 is 65.4 Å². The van der Waals surface area contributed by atoms with Crippen LogP contribution in [0, 0.1) is 0 Å². The smallest absolute Gasteiger partial charge is 0.119 e. The van der Waals surface area contributed by atoms with Crippen LogP contribution in [0.15, 0.2) is 237 Å². The maximum atomic E-state index is 6.03. The molecular weight excluding hydrogens is 919 g/mol. The summed E-state index contributed by atoms with van der Waals surface area (Å²) in [6.07, 6.45) is 0. The predicted molar refractivity (Wildman–Crippen MR) is 313 cm³/mol. The van der Waals surface area contributed by atoms with Crippen molar-refractivity contribution in [3.8, 4) is 84.0 Å². The standard InChI is InChI=1S/C63H45N3O3.C6H6/c1-67-40-25-28-43(49-16-10-19-52-46-13-4-7-22-58(46)64-61(49)52)55(34-40)37-31-38(56-35-41(68-2)26-29-44(56)50-17-11-20-53-47-14-5-8-23-59(47)65-62(50)53)33-39(32-37)57-36-42(69-3)27-30-45(57)51-18-12-21-54-48-15-6-9-24-60(48)66-63(51)54;1-2-4-6-5-3-1/h4-36,64-66H,1-3H3;1-6H. The van der Waals surface area contributed by atoms with E-state index >= 15 is 0 Å². The minimum Gasteiger partial charge on any atom is -0.497 e. The molecule has 6 heteroatoms. The lowest BCUT2D eigenvalue weighted by Gasteiger charge is -2.20. The maximum absolute atomic E-state index is 6.03. The summed E-state index contributed by atoms with van der Waals surface area (Å²) in [5.74, 6) is 2.30. The van der Waals surface area contributed by atoms with Crippen molar-refractivity contribution in [2.75, 3.05) is 21.3 Å². The van der Waals surface area contributed by atoms with Gasteiger partial charge in [-0.05, 0) is 141 Å².